The fraction of sp³-hybridized carbons (Fsp3) is 0.235. The second-order valence-electron chi connectivity index (χ2n) is 4.78. The molecular formula is C17H17BrFNO3. The van der Waals surface area contributed by atoms with Gasteiger partial charge in [-0.1, -0.05) is 28.1 Å². The van der Waals surface area contributed by atoms with Crippen molar-refractivity contribution in [2.45, 2.75) is 13.0 Å². The molecular weight excluding hydrogens is 365 g/mol. The van der Waals surface area contributed by atoms with Crippen LogP contribution in [0.25, 0.3) is 0 Å². The Morgan fingerprint density at radius 3 is 2.61 bits per heavy atom. The molecule has 0 aromatic heterocycles. The van der Waals surface area contributed by atoms with Gasteiger partial charge in [0.15, 0.2) is 17.7 Å². The number of para-hydroxylation sites is 1. The van der Waals surface area contributed by atoms with Gasteiger partial charge in [-0.15, -0.1) is 0 Å². The van der Waals surface area contributed by atoms with Crippen LogP contribution in [-0.2, 0) is 4.79 Å². The molecule has 0 aliphatic carbocycles. The highest BCUT2D eigenvalue weighted by atomic mass is 79.9. The van der Waals surface area contributed by atoms with Crippen molar-refractivity contribution in [1.82, 2.24) is 5.32 Å². The number of carbonyl (C=O) groups is 1. The number of rotatable bonds is 7. The van der Waals surface area contributed by atoms with Gasteiger partial charge in [0.1, 0.15) is 12.4 Å². The quantitative estimate of drug-likeness (QED) is 0.746. The summed E-state index contributed by atoms with van der Waals surface area (Å²) in [6, 6.07) is 13.4. The minimum absolute atomic E-state index is 0.168. The maximum absolute atomic E-state index is 13.3. The summed E-state index contributed by atoms with van der Waals surface area (Å²) in [5.41, 5.74) is 0. The van der Waals surface area contributed by atoms with E-state index in [2.05, 4.69) is 21.2 Å². The number of hydrogen-bond donors (Lipinski definition) is 1. The summed E-state index contributed by atoms with van der Waals surface area (Å²) in [5.74, 6) is 0.0928. The van der Waals surface area contributed by atoms with Gasteiger partial charge in [-0.2, -0.15) is 0 Å². The summed E-state index contributed by atoms with van der Waals surface area (Å²) >= 11 is 3.33. The van der Waals surface area contributed by atoms with Crippen molar-refractivity contribution in [1.29, 1.82) is 0 Å². The molecule has 4 nitrogen and oxygen atoms in total. The molecule has 0 bridgehead atoms. The van der Waals surface area contributed by atoms with Gasteiger partial charge in [0.2, 0.25) is 0 Å². The van der Waals surface area contributed by atoms with Crippen molar-refractivity contribution in [2.24, 2.45) is 0 Å². The maximum atomic E-state index is 13.3. The highest BCUT2D eigenvalue weighted by molar-refractivity contribution is 9.10. The van der Waals surface area contributed by atoms with Gasteiger partial charge >= 0.3 is 0 Å². The molecule has 0 radical (unpaired) electrons. The molecule has 2 rings (SSSR count). The molecule has 0 saturated carbocycles. The van der Waals surface area contributed by atoms with Crippen LogP contribution in [0.5, 0.6) is 11.5 Å². The molecule has 1 N–H and O–H groups in total. The second-order valence-corrected chi connectivity index (χ2v) is 5.70. The Hall–Kier alpha value is -2.08. The lowest BCUT2D eigenvalue weighted by Gasteiger charge is -2.15. The van der Waals surface area contributed by atoms with Crippen molar-refractivity contribution in [3.63, 3.8) is 0 Å². The molecule has 1 amide bonds. The predicted octanol–water partition coefficient (Wildman–Crippen LogP) is 3.55. The second kappa shape index (κ2) is 8.53. The summed E-state index contributed by atoms with van der Waals surface area (Å²) in [7, 11) is 0. The van der Waals surface area contributed by atoms with E-state index in [0.717, 1.165) is 4.47 Å². The van der Waals surface area contributed by atoms with Crippen molar-refractivity contribution in [2.75, 3.05) is 13.2 Å². The van der Waals surface area contributed by atoms with E-state index in [9.17, 15) is 9.18 Å². The fourth-order valence-corrected chi connectivity index (χ4v) is 2.08. The largest absolute Gasteiger partial charge is 0.489 e. The van der Waals surface area contributed by atoms with Crippen LogP contribution in [0, 0.1) is 5.82 Å². The van der Waals surface area contributed by atoms with Crippen molar-refractivity contribution >= 4 is 21.8 Å². The zero-order valence-electron chi connectivity index (χ0n) is 12.6. The molecule has 2 aromatic rings. The average molecular weight is 382 g/mol. The van der Waals surface area contributed by atoms with Gasteiger partial charge in [-0.25, -0.2) is 4.39 Å². The first-order valence-corrected chi connectivity index (χ1v) is 7.93. The number of nitrogens with one attached hydrogen (secondary N) is 1. The van der Waals surface area contributed by atoms with Gasteiger partial charge < -0.3 is 14.8 Å². The van der Waals surface area contributed by atoms with E-state index < -0.39 is 11.9 Å². The highest BCUT2D eigenvalue weighted by Gasteiger charge is 2.14. The number of benzene rings is 2. The third-order valence-corrected chi connectivity index (χ3v) is 3.52. The summed E-state index contributed by atoms with van der Waals surface area (Å²) in [5, 5.41) is 2.68. The van der Waals surface area contributed by atoms with E-state index in [-0.39, 0.29) is 24.8 Å². The molecule has 122 valence electrons. The van der Waals surface area contributed by atoms with Crippen LogP contribution >= 0.6 is 15.9 Å². The summed E-state index contributed by atoms with van der Waals surface area (Å²) in [4.78, 5) is 11.9. The standard InChI is InChI=1S/C17H17BrFNO3/c1-12(23-14-8-6-13(18)7-9-14)17(21)20-10-11-22-16-5-3-2-4-15(16)19/h2-9,12H,10-11H2,1H3,(H,20,21). The van der Waals surface area contributed by atoms with Crippen LogP contribution in [0.15, 0.2) is 53.0 Å². The molecule has 23 heavy (non-hydrogen) atoms. The van der Waals surface area contributed by atoms with Gasteiger partial charge in [-0.05, 0) is 43.3 Å². The SMILES string of the molecule is CC(Oc1ccc(Br)cc1)C(=O)NCCOc1ccccc1F. The monoisotopic (exact) mass is 381 g/mol. The Kier molecular flexibility index (Phi) is 6.40. The van der Waals surface area contributed by atoms with E-state index in [1.54, 1.807) is 31.2 Å². The van der Waals surface area contributed by atoms with E-state index in [1.807, 2.05) is 12.1 Å². The van der Waals surface area contributed by atoms with Gasteiger partial charge in [-0.3, -0.25) is 4.79 Å². The molecule has 0 aliphatic heterocycles. The Bertz CT molecular complexity index is 649. The minimum atomic E-state index is -0.635. The highest BCUT2D eigenvalue weighted by Crippen LogP contribution is 2.17. The third kappa shape index (κ3) is 5.56. The van der Waals surface area contributed by atoms with Crippen LogP contribution in [0.3, 0.4) is 0 Å². The maximum Gasteiger partial charge on any atom is 0.260 e. The first-order chi connectivity index (χ1) is 11.1. The number of amides is 1. The normalized spacial score (nSPS) is 11.6. The summed E-state index contributed by atoms with van der Waals surface area (Å²) in [6.45, 7) is 2.11. The van der Waals surface area contributed by atoms with Crippen molar-refractivity contribution < 1.29 is 18.7 Å². The van der Waals surface area contributed by atoms with Gasteiger partial charge in [0, 0.05) is 4.47 Å². The third-order valence-electron chi connectivity index (χ3n) is 2.99. The lowest BCUT2D eigenvalue weighted by Crippen LogP contribution is -2.38. The van der Waals surface area contributed by atoms with Crippen LogP contribution in [-0.4, -0.2) is 25.2 Å². The van der Waals surface area contributed by atoms with Crippen LogP contribution < -0.4 is 14.8 Å². The van der Waals surface area contributed by atoms with E-state index in [4.69, 9.17) is 9.47 Å². The molecule has 0 spiro atoms. The van der Waals surface area contributed by atoms with Crippen LogP contribution in [0.4, 0.5) is 4.39 Å². The molecule has 0 fully saturated rings. The first kappa shape index (κ1) is 17.3. The molecule has 0 heterocycles. The number of hydrogen-bond acceptors (Lipinski definition) is 3. The van der Waals surface area contributed by atoms with Gasteiger partial charge in [0.05, 0.1) is 6.54 Å². The predicted molar refractivity (Wildman–Crippen MR) is 89.1 cm³/mol. The minimum Gasteiger partial charge on any atom is -0.489 e. The molecule has 0 saturated heterocycles. The fourth-order valence-electron chi connectivity index (χ4n) is 1.81. The Morgan fingerprint density at radius 1 is 1.22 bits per heavy atom. The molecule has 6 heteroatoms. The zero-order chi connectivity index (χ0) is 16.7. The lowest BCUT2D eigenvalue weighted by molar-refractivity contribution is -0.127. The van der Waals surface area contributed by atoms with E-state index in [1.165, 1.54) is 12.1 Å². The topological polar surface area (TPSA) is 47.6 Å². The first-order valence-electron chi connectivity index (χ1n) is 7.13. The number of carbonyl (C=O) groups excluding carboxylic acids is 1. The molecule has 1 unspecified atom stereocenters. The van der Waals surface area contributed by atoms with Crippen molar-refractivity contribution in [3.8, 4) is 11.5 Å². The summed E-state index contributed by atoms with van der Waals surface area (Å²) < 4.78 is 25.1. The lowest BCUT2D eigenvalue weighted by atomic mass is 10.3. The Balaban J connectivity index is 1.72. The van der Waals surface area contributed by atoms with Crippen LogP contribution in [0.1, 0.15) is 6.92 Å². The average Bonchev–Trinajstić information content (AvgIpc) is 2.55. The number of halogens is 2. The smallest absolute Gasteiger partial charge is 0.260 e. The van der Waals surface area contributed by atoms with Crippen LogP contribution in [0.2, 0.25) is 0 Å². The van der Waals surface area contributed by atoms with Crippen molar-refractivity contribution in [3.05, 3.63) is 58.8 Å². The molecule has 1 atom stereocenters. The number of ether oxygens (including phenoxy) is 2. The van der Waals surface area contributed by atoms with E-state index >= 15 is 0 Å². The molecule has 0 aliphatic rings. The zero-order valence-corrected chi connectivity index (χ0v) is 14.2. The molecule has 2 aromatic carbocycles. The Morgan fingerprint density at radius 2 is 1.91 bits per heavy atom. The Labute approximate surface area is 142 Å². The summed E-state index contributed by atoms with van der Waals surface area (Å²) in [6.07, 6.45) is -0.635. The van der Waals surface area contributed by atoms with E-state index in [0.29, 0.717) is 5.75 Å². The van der Waals surface area contributed by atoms with Gasteiger partial charge in [0.25, 0.3) is 5.91 Å².